The topological polar surface area (TPSA) is 178 Å². The van der Waals surface area contributed by atoms with E-state index < -0.39 is 99.1 Å². The lowest BCUT2D eigenvalue weighted by Gasteiger charge is -2.59. The molecule has 13 nitrogen and oxygen atoms in total. The van der Waals surface area contributed by atoms with Crippen molar-refractivity contribution < 1.29 is 62.3 Å². The van der Waals surface area contributed by atoms with Crippen LogP contribution in [0.1, 0.15) is 205 Å². The lowest BCUT2D eigenvalue weighted by atomic mass is 9.52. The van der Waals surface area contributed by atoms with Crippen molar-refractivity contribution in [3.8, 4) is 0 Å². The van der Waals surface area contributed by atoms with Gasteiger partial charge in [-0.2, -0.15) is 0 Å². The second-order valence-corrected chi connectivity index (χ2v) is 23.7. The van der Waals surface area contributed by atoms with Crippen molar-refractivity contribution in [2.45, 2.75) is 217 Å². The molecule has 10 unspecified atom stereocenters. The van der Waals surface area contributed by atoms with Crippen molar-refractivity contribution in [1.82, 2.24) is 0 Å². The first kappa shape index (κ1) is 47.1. The van der Waals surface area contributed by atoms with Crippen molar-refractivity contribution in [3.05, 3.63) is 34.9 Å². The van der Waals surface area contributed by atoms with Gasteiger partial charge in [0, 0.05) is 17.9 Å². The molecule has 0 spiro atoms. The number of hydrogen-bond donors (Lipinski definition) is 1. The third-order valence-corrected chi connectivity index (χ3v) is 18.0. The Hall–Kier alpha value is -4.00. The number of carbonyl (C=O) groups is 6. The molecule has 66 heavy (non-hydrogen) atoms. The maximum atomic E-state index is 15.0. The first-order valence-electron chi connectivity index (χ1n) is 25.2. The van der Waals surface area contributed by atoms with Gasteiger partial charge in [-0.3, -0.25) is 24.0 Å². The minimum atomic E-state index is -1.60. The predicted molar refractivity (Wildman–Crippen MR) is 238 cm³/mol. The molecule has 10 atom stereocenters. The highest BCUT2D eigenvalue weighted by Gasteiger charge is 2.64. The molecule has 1 N–H and O–H groups in total. The molecule has 13 heteroatoms. The number of ether oxygens (including phenoxy) is 6. The van der Waals surface area contributed by atoms with Crippen LogP contribution in [0.3, 0.4) is 0 Å². The molecule has 9 aliphatic rings. The Bertz CT molecular complexity index is 2140. The Morgan fingerprint density at radius 3 is 2.08 bits per heavy atom. The molecule has 10 rings (SSSR count). The van der Waals surface area contributed by atoms with Gasteiger partial charge in [-0.25, -0.2) is 4.79 Å². The molecule has 8 bridgehead atoms. The van der Waals surface area contributed by atoms with Crippen LogP contribution in [0.15, 0.2) is 18.2 Å². The Morgan fingerprint density at radius 2 is 1.44 bits per heavy atom. The fourth-order valence-electron chi connectivity index (χ4n) is 15.1. The molecule has 1 aromatic carbocycles. The molecule has 0 radical (unpaired) electrons. The Morgan fingerprint density at radius 1 is 0.818 bits per heavy atom. The van der Waals surface area contributed by atoms with Crippen LogP contribution in [0.2, 0.25) is 0 Å². The van der Waals surface area contributed by atoms with Gasteiger partial charge in [-0.05, 0) is 166 Å². The zero-order chi connectivity index (χ0) is 47.2. The van der Waals surface area contributed by atoms with Crippen LogP contribution in [-0.2, 0) is 57.2 Å². The van der Waals surface area contributed by atoms with Gasteiger partial charge < -0.3 is 33.5 Å². The highest BCUT2D eigenvalue weighted by atomic mass is 16.6. The van der Waals surface area contributed by atoms with Gasteiger partial charge >= 0.3 is 35.8 Å². The first-order valence-corrected chi connectivity index (χ1v) is 25.2. The standard InChI is InChI=1S/C53H72O13/c1-8-47(4,45(58)66-52(9-2)19-12-13-20-52)28-49(6,46(59)65-50(7)17-10-11-18-50)29-48(5,22-31(3)42(55)64-53-25-32-21-33(26-53)24-51(60,23-32)30-53)44(57)61-27-36(54)62-40-37-34-15-14-16-35(37)39-38(34)41(40)63-43(39)56/h14-16,31-33,38-41,60H,8-13,17-30H2,1-7H3. The van der Waals surface area contributed by atoms with Crippen LogP contribution in [0.25, 0.3) is 0 Å². The predicted octanol–water partition coefficient (Wildman–Crippen LogP) is 8.94. The normalized spacial score (nSPS) is 34.4. The van der Waals surface area contributed by atoms with Crippen molar-refractivity contribution in [2.75, 3.05) is 6.61 Å². The molecule has 8 aliphatic carbocycles. The average molecular weight is 917 g/mol. The van der Waals surface area contributed by atoms with Crippen molar-refractivity contribution in [3.63, 3.8) is 0 Å². The van der Waals surface area contributed by atoms with Crippen LogP contribution in [-0.4, -0.2) is 76.0 Å². The molecule has 1 saturated heterocycles. The highest BCUT2D eigenvalue weighted by molar-refractivity contribution is 5.88. The number of rotatable bonds is 18. The molecule has 0 aromatic heterocycles. The quantitative estimate of drug-likeness (QED) is 0.109. The Balaban J connectivity index is 0.986. The molecule has 6 saturated carbocycles. The monoisotopic (exact) mass is 916 g/mol. The SMILES string of the molecule is CCC1(OC(=O)C(C)(CC)CC(C)(CC(C)(CC(C)C(=O)OC23CC4CC(CC(O)(C4)C2)C3)C(=O)OCC(=O)OC2c3c4cccc3C3C4C(=O)OC23)C(=O)OC2(C)CCCC2)CCCC1. The molecule has 362 valence electrons. The van der Waals surface area contributed by atoms with E-state index in [2.05, 4.69) is 0 Å². The van der Waals surface area contributed by atoms with E-state index in [4.69, 9.17) is 28.4 Å². The fourth-order valence-corrected chi connectivity index (χ4v) is 15.1. The third-order valence-electron chi connectivity index (χ3n) is 18.0. The smallest absolute Gasteiger partial charge is 0.345 e. The minimum Gasteiger partial charge on any atom is -0.459 e. The zero-order valence-electron chi connectivity index (χ0n) is 40.3. The molecule has 1 aromatic rings. The maximum absolute atomic E-state index is 15.0. The van der Waals surface area contributed by atoms with Crippen LogP contribution in [0.5, 0.6) is 0 Å². The molecular formula is C53H72O13. The summed E-state index contributed by atoms with van der Waals surface area (Å²) < 4.78 is 36.8. The highest BCUT2D eigenvalue weighted by Crippen LogP contribution is 2.63. The lowest BCUT2D eigenvalue weighted by Crippen LogP contribution is -2.60. The van der Waals surface area contributed by atoms with E-state index in [0.29, 0.717) is 57.8 Å². The van der Waals surface area contributed by atoms with E-state index >= 15 is 0 Å². The van der Waals surface area contributed by atoms with Crippen LogP contribution >= 0.6 is 0 Å². The molecule has 1 heterocycles. The molecule has 7 fully saturated rings. The van der Waals surface area contributed by atoms with Crippen LogP contribution in [0.4, 0.5) is 0 Å². The largest absolute Gasteiger partial charge is 0.459 e. The van der Waals surface area contributed by atoms with Gasteiger partial charge in [0.1, 0.15) is 16.8 Å². The van der Waals surface area contributed by atoms with Gasteiger partial charge in [0.15, 0.2) is 18.8 Å². The van der Waals surface area contributed by atoms with Gasteiger partial charge in [0.05, 0.1) is 33.7 Å². The van der Waals surface area contributed by atoms with Crippen LogP contribution in [0, 0.1) is 34.0 Å². The summed E-state index contributed by atoms with van der Waals surface area (Å²) in [6.07, 6.45) is 10.1. The minimum absolute atomic E-state index is 0.00998. The summed E-state index contributed by atoms with van der Waals surface area (Å²) >= 11 is 0. The van der Waals surface area contributed by atoms with Crippen LogP contribution < -0.4 is 0 Å². The van der Waals surface area contributed by atoms with Crippen molar-refractivity contribution in [2.24, 2.45) is 34.0 Å². The summed E-state index contributed by atoms with van der Waals surface area (Å²) in [4.78, 5) is 85.2. The van der Waals surface area contributed by atoms with E-state index in [-0.39, 0.29) is 43.0 Å². The Kier molecular flexibility index (Phi) is 11.8. The zero-order valence-corrected chi connectivity index (χ0v) is 40.3. The molecule has 1 aliphatic heterocycles. The van der Waals surface area contributed by atoms with Crippen molar-refractivity contribution in [1.29, 1.82) is 0 Å². The second-order valence-electron chi connectivity index (χ2n) is 23.7. The summed E-state index contributed by atoms with van der Waals surface area (Å²) in [5.41, 5.74) is -4.70. The van der Waals surface area contributed by atoms with Crippen molar-refractivity contribution >= 4 is 35.8 Å². The van der Waals surface area contributed by atoms with Gasteiger partial charge in [0.2, 0.25) is 0 Å². The summed E-state index contributed by atoms with van der Waals surface area (Å²) in [5, 5.41) is 11.4. The fraction of sp³-hybridized carbons (Fsp3) is 0.774. The summed E-state index contributed by atoms with van der Waals surface area (Å²) in [6, 6.07) is 5.65. The number of hydrogen-bond acceptors (Lipinski definition) is 13. The van der Waals surface area contributed by atoms with E-state index in [1.807, 2.05) is 45.9 Å². The lowest BCUT2D eigenvalue weighted by molar-refractivity contribution is -0.222. The van der Waals surface area contributed by atoms with Gasteiger partial charge in [0.25, 0.3) is 0 Å². The second kappa shape index (κ2) is 16.6. The number of aliphatic hydroxyl groups is 1. The third kappa shape index (κ3) is 8.26. The van der Waals surface area contributed by atoms with Gasteiger partial charge in [-0.1, -0.05) is 39.0 Å². The van der Waals surface area contributed by atoms with E-state index in [1.165, 1.54) is 0 Å². The summed E-state index contributed by atoms with van der Waals surface area (Å²) in [7, 11) is 0. The average Bonchev–Trinajstić information content (AvgIpc) is 4.04. The maximum Gasteiger partial charge on any atom is 0.345 e. The number of fused-ring (bicyclic) bond motifs is 1. The van der Waals surface area contributed by atoms with Gasteiger partial charge in [-0.15, -0.1) is 0 Å². The summed E-state index contributed by atoms with van der Waals surface area (Å²) in [5.74, 6) is -4.41. The number of benzene rings is 1. The first-order chi connectivity index (χ1) is 31.1. The summed E-state index contributed by atoms with van der Waals surface area (Å²) in [6.45, 7) is 12.0. The molecule has 0 amide bonds. The number of esters is 6. The number of carbonyl (C=O) groups excluding carboxylic acids is 6. The van der Waals surface area contributed by atoms with E-state index in [9.17, 15) is 33.9 Å². The molecular weight excluding hydrogens is 845 g/mol. The Labute approximate surface area is 389 Å². The van der Waals surface area contributed by atoms with E-state index in [0.717, 1.165) is 61.6 Å². The van der Waals surface area contributed by atoms with E-state index in [1.54, 1.807) is 20.8 Å².